The summed E-state index contributed by atoms with van der Waals surface area (Å²) < 4.78 is 61.8. The van der Waals surface area contributed by atoms with Crippen LogP contribution < -0.4 is 10.4 Å². The van der Waals surface area contributed by atoms with Crippen LogP contribution in [0.4, 0.5) is 17.6 Å². The summed E-state index contributed by atoms with van der Waals surface area (Å²) in [6.07, 6.45) is -3.26. The fourth-order valence-corrected chi connectivity index (χ4v) is 5.40. The Hall–Kier alpha value is -5.19. The van der Waals surface area contributed by atoms with E-state index in [1.807, 2.05) is 44.2 Å². The van der Waals surface area contributed by atoms with Crippen molar-refractivity contribution in [2.45, 2.75) is 45.7 Å². The van der Waals surface area contributed by atoms with Gasteiger partial charge in [-0.1, -0.05) is 36.4 Å². The van der Waals surface area contributed by atoms with Crippen LogP contribution in [0.2, 0.25) is 0 Å². The van der Waals surface area contributed by atoms with Gasteiger partial charge in [0, 0.05) is 12.0 Å². The minimum Gasteiger partial charge on any atom is -0.494 e. The van der Waals surface area contributed by atoms with E-state index < -0.39 is 29.2 Å². The summed E-state index contributed by atoms with van der Waals surface area (Å²) in [7, 11) is 0. The first kappa shape index (κ1) is 32.2. The molecule has 5 rings (SSSR count). The van der Waals surface area contributed by atoms with Crippen molar-refractivity contribution >= 4 is 5.97 Å². The number of halogens is 4. The number of hydrogen-bond donors (Lipinski definition) is 1. The van der Waals surface area contributed by atoms with Gasteiger partial charge < -0.3 is 9.84 Å². The normalized spacial score (nSPS) is 11.5. The quantitative estimate of drug-likeness (QED) is 0.154. The van der Waals surface area contributed by atoms with Crippen molar-refractivity contribution in [1.82, 2.24) is 14.3 Å². The summed E-state index contributed by atoms with van der Waals surface area (Å²) in [5.74, 6) is -0.777. The molecule has 0 unspecified atom stereocenters. The molecule has 46 heavy (non-hydrogen) atoms. The maximum atomic E-state index is 14.8. The van der Waals surface area contributed by atoms with Crippen LogP contribution in [0.3, 0.4) is 0 Å². The molecule has 7 nitrogen and oxygen atoms in total. The van der Waals surface area contributed by atoms with E-state index in [1.165, 1.54) is 18.2 Å². The molecular weight excluding hydrogens is 602 g/mol. The number of carboxylic acid groups (broad SMARTS) is 1. The third-order valence-electron chi connectivity index (χ3n) is 7.55. The molecule has 1 aromatic heterocycles. The standard InChI is InChI=1S/C35H31F4N3O4/c1-3-46-31-18-12-24(20-25(31)21-33(43)44)28-17-11-23(19-22(28)2)7-6-10-32-40-42(27-15-13-26(14-16-27)35(37,38)39)34(45)41(32)30-9-5-4-8-29(30)36/h4-5,8-9,11-20H,3,6-7,10,21H2,1-2H3,(H,43,44). The predicted molar refractivity (Wildman–Crippen MR) is 165 cm³/mol. The zero-order chi connectivity index (χ0) is 33.0. The molecule has 4 aromatic carbocycles. The van der Waals surface area contributed by atoms with E-state index in [1.54, 1.807) is 12.1 Å². The SMILES string of the molecule is CCOc1ccc(-c2ccc(CCCc3nn(-c4ccc(C(F)(F)F)cc4)c(=O)n3-c3ccccc3F)cc2C)cc1CC(=O)O. The predicted octanol–water partition coefficient (Wildman–Crippen LogP) is 7.36. The maximum Gasteiger partial charge on any atom is 0.416 e. The molecule has 0 aliphatic rings. The Morgan fingerprint density at radius 1 is 0.957 bits per heavy atom. The number of carbonyl (C=O) groups is 1. The molecular formula is C35H31F4N3O4. The maximum absolute atomic E-state index is 14.8. The molecule has 0 aliphatic carbocycles. The number of carboxylic acids is 1. The Morgan fingerprint density at radius 2 is 1.70 bits per heavy atom. The number of rotatable bonds is 11. The molecule has 238 valence electrons. The van der Waals surface area contributed by atoms with E-state index in [9.17, 15) is 32.3 Å². The highest BCUT2D eigenvalue weighted by Crippen LogP contribution is 2.31. The second-order valence-electron chi connectivity index (χ2n) is 10.8. The summed E-state index contributed by atoms with van der Waals surface area (Å²) in [6.45, 7) is 4.23. The lowest BCUT2D eigenvalue weighted by molar-refractivity contribution is -0.138. The highest BCUT2D eigenvalue weighted by Gasteiger charge is 2.30. The van der Waals surface area contributed by atoms with Crippen LogP contribution in [0, 0.1) is 12.7 Å². The Bertz CT molecular complexity index is 1930. The average Bonchev–Trinajstić information content (AvgIpc) is 3.33. The first-order valence-electron chi connectivity index (χ1n) is 14.7. The van der Waals surface area contributed by atoms with Crippen LogP contribution in [-0.4, -0.2) is 32.0 Å². The molecule has 5 aromatic rings. The van der Waals surface area contributed by atoms with Gasteiger partial charge in [-0.25, -0.2) is 13.8 Å². The van der Waals surface area contributed by atoms with Gasteiger partial charge in [0.1, 0.15) is 17.4 Å². The average molecular weight is 634 g/mol. The van der Waals surface area contributed by atoms with Crippen molar-refractivity contribution in [3.05, 3.63) is 129 Å². The van der Waals surface area contributed by atoms with Crippen molar-refractivity contribution in [3.63, 3.8) is 0 Å². The van der Waals surface area contributed by atoms with E-state index in [0.29, 0.717) is 30.8 Å². The number of alkyl halides is 3. The van der Waals surface area contributed by atoms with Gasteiger partial charge in [-0.05, 0) is 97.5 Å². The largest absolute Gasteiger partial charge is 0.494 e. The first-order chi connectivity index (χ1) is 22.0. The van der Waals surface area contributed by atoms with E-state index in [0.717, 1.165) is 55.8 Å². The van der Waals surface area contributed by atoms with Crippen molar-refractivity contribution in [3.8, 4) is 28.3 Å². The topological polar surface area (TPSA) is 86.4 Å². The number of ether oxygens (including phenoxy) is 1. The Morgan fingerprint density at radius 3 is 2.35 bits per heavy atom. The molecule has 0 atom stereocenters. The number of aromatic nitrogens is 3. The molecule has 0 radical (unpaired) electrons. The van der Waals surface area contributed by atoms with Crippen LogP contribution in [0.15, 0.2) is 89.7 Å². The highest BCUT2D eigenvalue weighted by molar-refractivity contribution is 5.75. The zero-order valence-corrected chi connectivity index (χ0v) is 25.1. The number of hydrogen-bond acceptors (Lipinski definition) is 4. The van der Waals surface area contributed by atoms with Crippen molar-refractivity contribution < 1.29 is 32.2 Å². The zero-order valence-electron chi connectivity index (χ0n) is 25.1. The lowest BCUT2D eigenvalue weighted by Gasteiger charge is -2.13. The summed E-state index contributed by atoms with van der Waals surface area (Å²) in [5.41, 5.74) is 2.97. The van der Waals surface area contributed by atoms with Crippen LogP contribution in [0.5, 0.6) is 5.75 Å². The van der Waals surface area contributed by atoms with Crippen LogP contribution in [-0.2, 0) is 30.2 Å². The summed E-state index contributed by atoms with van der Waals surface area (Å²) in [6, 6.07) is 21.3. The van der Waals surface area contributed by atoms with E-state index in [-0.39, 0.29) is 30.0 Å². The van der Waals surface area contributed by atoms with Crippen molar-refractivity contribution in [2.24, 2.45) is 0 Å². The molecule has 1 heterocycles. The lowest BCUT2D eigenvalue weighted by Crippen LogP contribution is -2.24. The van der Waals surface area contributed by atoms with Gasteiger partial charge in [-0.2, -0.15) is 17.9 Å². The molecule has 0 bridgehead atoms. The molecule has 0 spiro atoms. The van der Waals surface area contributed by atoms with E-state index in [2.05, 4.69) is 5.10 Å². The molecule has 0 fully saturated rings. The first-order valence-corrected chi connectivity index (χ1v) is 14.7. The second kappa shape index (κ2) is 13.4. The smallest absolute Gasteiger partial charge is 0.416 e. The van der Waals surface area contributed by atoms with Crippen molar-refractivity contribution in [2.75, 3.05) is 6.61 Å². The highest BCUT2D eigenvalue weighted by atomic mass is 19.4. The number of aliphatic carboxylic acids is 1. The molecule has 0 aliphatic heterocycles. The van der Waals surface area contributed by atoms with Crippen molar-refractivity contribution in [1.29, 1.82) is 0 Å². The van der Waals surface area contributed by atoms with Gasteiger partial charge in [0.05, 0.1) is 30.0 Å². The van der Waals surface area contributed by atoms with Crippen LogP contribution >= 0.6 is 0 Å². The van der Waals surface area contributed by atoms with Gasteiger partial charge in [0.2, 0.25) is 0 Å². The van der Waals surface area contributed by atoms with Crippen LogP contribution in [0.1, 0.15) is 41.4 Å². The lowest BCUT2D eigenvalue weighted by atomic mass is 9.95. The van der Waals surface area contributed by atoms with Gasteiger partial charge in [-0.15, -0.1) is 5.10 Å². The number of aryl methyl sites for hydroxylation is 3. The van der Waals surface area contributed by atoms with Gasteiger partial charge in [0.15, 0.2) is 0 Å². The fraction of sp³-hybridized carbons (Fsp3) is 0.229. The fourth-order valence-electron chi connectivity index (χ4n) is 5.40. The minimum atomic E-state index is -4.53. The van der Waals surface area contributed by atoms with Gasteiger partial charge >= 0.3 is 17.8 Å². The number of benzene rings is 4. The summed E-state index contributed by atoms with van der Waals surface area (Å²) in [5, 5.41) is 13.8. The van der Waals surface area contributed by atoms with Gasteiger partial charge in [-0.3, -0.25) is 4.79 Å². The second-order valence-corrected chi connectivity index (χ2v) is 10.8. The van der Waals surface area contributed by atoms with Gasteiger partial charge in [0.25, 0.3) is 0 Å². The minimum absolute atomic E-state index is 0.00141. The van der Waals surface area contributed by atoms with Crippen LogP contribution in [0.25, 0.3) is 22.5 Å². The summed E-state index contributed by atoms with van der Waals surface area (Å²) >= 11 is 0. The third kappa shape index (κ3) is 7.03. The molecule has 11 heteroatoms. The Labute approximate surface area is 262 Å². The number of nitrogens with zero attached hydrogens (tertiary/aromatic N) is 3. The third-order valence-corrected chi connectivity index (χ3v) is 7.55. The molecule has 1 N–H and O–H groups in total. The molecule has 0 saturated heterocycles. The summed E-state index contributed by atoms with van der Waals surface area (Å²) in [4.78, 5) is 24.9. The Balaban J connectivity index is 1.39. The number of para-hydroxylation sites is 1. The van der Waals surface area contributed by atoms with E-state index >= 15 is 0 Å². The van der Waals surface area contributed by atoms with E-state index in [4.69, 9.17) is 4.74 Å². The monoisotopic (exact) mass is 633 g/mol. The Kier molecular flexibility index (Phi) is 9.41. The molecule has 0 saturated carbocycles. The molecule has 0 amide bonds.